The Balaban J connectivity index is 2.89. The third-order valence-corrected chi connectivity index (χ3v) is 1.71. The largest absolute Gasteiger partial charge is 0.480 e. The molecule has 0 aliphatic rings. The molecule has 0 aliphatic carbocycles. The quantitative estimate of drug-likeness (QED) is 0.721. The van der Waals surface area contributed by atoms with Crippen molar-refractivity contribution in [3.63, 3.8) is 0 Å². The summed E-state index contributed by atoms with van der Waals surface area (Å²) in [6.07, 6.45) is 0. The van der Waals surface area contributed by atoms with E-state index in [1.54, 1.807) is 6.07 Å². The highest BCUT2D eigenvalue weighted by Crippen LogP contribution is 2.15. The molecule has 0 saturated carbocycles. The van der Waals surface area contributed by atoms with Crippen molar-refractivity contribution in [1.29, 1.82) is 0 Å². The van der Waals surface area contributed by atoms with E-state index in [-0.39, 0.29) is 12.5 Å². The minimum atomic E-state index is -0.940. The summed E-state index contributed by atoms with van der Waals surface area (Å²) in [6, 6.07) is 1.70. The number of hydrogen-bond donors (Lipinski definition) is 2. The number of aliphatic carboxylic acids is 1. The zero-order chi connectivity index (χ0) is 10.0. The molecule has 0 saturated heterocycles. The Morgan fingerprint density at radius 1 is 1.77 bits per heavy atom. The van der Waals surface area contributed by atoms with Gasteiger partial charge in [0, 0.05) is 6.07 Å². The molecule has 5 nitrogen and oxygen atoms in total. The molecule has 1 heterocycles. The van der Waals surface area contributed by atoms with Crippen molar-refractivity contribution in [3.05, 3.63) is 11.8 Å². The van der Waals surface area contributed by atoms with Crippen molar-refractivity contribution in [2.24, 2.45) is 0 Å². The lowest BCUT2D eigenvalue weighted by molar-refractivity contribution is -0.137. The van der Waals surface area contributed by atoms with Crippen molar-refractivity contribution < 1.29 is 9.90 Å². The zero-order valence-electron chi connectivity index (χ0n) is 7.69. The number of nitrogens with two attached hydrogens (primary N) is 1. The first kappa shape index (κ1) is 9.57. The molecule has 13 heavy (non-hydrogen) atoms. The van der Waals surface area contributed by atoms with Gasteiger partial charge in [0.25, 0.3) is 0 Å². The highest BCUT2D eigenvalue weighted by atomic mass is 16.4. The molecule has 5 heteroatoms. The maximum absolute atomic E-state index is 10.4. The third-order valence-electron chi connectivity index (χ3n) is 1.71. The van der Waals surface area contributed by atoms with Gasteiger partial charge in [-0.3, -0.25) is 4.79 Å². The van der Waals surface area contributed by atoms with E-state index in [1.165, 1.54) is 4.68 Å². The van der Waals surface area contributed by atoms with Crippen LogP contribution in [0, 0.1) is 0 Å². The van der Waals surface area contributed by atoms with Gasteiger partial charge < -0.3 is 10.8 Å². The summed E-state index contributed by atoms with van der Waals surface area (Å²) in [5.74, 6) is -0.284. The molecule has 0 unspecified atom stereocenters. The van der Waals surface area contributed by atoms with E-state index in [0.29, 0.717) is 5.82 Å². The fourth-order valence-electron chi connectivity index (χ4n) is 0.989. The third kappa shape index (κ3) is 2.21. The van der Waals surface area contributed by atoms with E-state index in [0.717, 1.165) is 5.69 Å². The predicted octanol–water partition coefficient (Wildman–Crippen LogP) is 0.673. The Bertz CT molecular complexity index is 317. The monoisotopic (exact) mass is 183 g/mol. The molecule has 1 aromatic heterocycles. The molecule has 0 radical (unpaired) electrons. The second kappa shape index (κ2) is 3.47. The van der Waals surface area contributed by atoms with Crippen molar-refractivity contribution in [2.75, 3.05) is 5.73 Å². The predicted molar refractivity (Wildman–Crippen MR) is 48.4 cm³/mol. The summed E-state index contributed by atoms with van der Waals surface area (Å²) >= 11 is 0. The molecule has 0 fully saturated rings. The molecule has 1 aromatic rings. The van der Waals surface area contributed by atoms with Crippen LogP contribution in [-0.2, 0) is 11.3 Å². The first-order valence-electron chi connectivity index (χ1n) is 4.05. The lowest BCUT2D eigenvalue weighted by atomic mass is 10.1. The van der Waals surface area contributed by atoms with Crippen molar-refractivity contribution >= 4 is 11.8 Å². The number of rotatable bonds is 3. The molecule has 0 spiro atoms. The van der Waals surface area contributed by atoms with Gasteiger partial charge in [-0.2, -0.15) is 5.10 Å². The normalized spacial score (nSPS) is 10.7. The standard InChI is InChI=1S/C8H13N3O2/c1-5(2)6-3-7(9)11(10-6)4-8(12)13/h3,5H,4,9H2,1-2H3,(H,12,13). The van der Waals surface area contributed by atoms with Crippen LogP contribution in [-0.4, -0.2) is 20.9 Å². The molecule has 1 rings (SSSR count). The summed E-state index contributed by atoms with van der Waals surface area (Å²) in [5.41, 5.74) is 6.38. The van der Waals surface area contributed by atoms with Gasteiger partial charge in [0.15, 0.2) is 0 Å². The van der Waals surface area contributed by atoms with Gasteiger partial charge in [0.2, 0.25) is 0 Å². The Labute approximate surface area is 76.2 Å². The maximum Gasteiger partial charge on any atom is 0.325 e. The van der Waals surface area contributed by atoms with Crippen LogP contribution in [0.1, 0.15) is 25.5 Å². The van der Waals surface area contributed by atoms with Crippen molar-refractivity contribution in [1.82, 2.24) is 9.78 Å². The van der Waals surface area contributed by atoms with Crippen LogP contribution < -0.4 is 5.73 Å². The van der Waals surface area contributed by atoms with Gasteiger partial charge in [-0.25, -0.2) is 4.68 Å². The number of carbonyl (C=O) groups is 1. The van der Waals surface area contributed by atoms with Gasteiger partial charge in [-0.1, -0.05) is 13.8 Å². The summed E-state index contributed by atoms with van der Waals surface area (Å²) < 4.78 is 1.29. The van der Waals surface area contributed by atoms with Gasteiger partial charge in [-0.15, -0.1) is 0 Å². The zero-order valence-corrected chi connectivity index (χ0v) is 7.69. The molecule has 0 bridgehead atoms. The minimum Gasteiger partial charge on any atom is -0.480 e. The van der Waals surface area contributed by atoms with E-state index in [4.69, 9.17) is 10.8 Å². The average molecular weight is 183 g/mol. The molecular formula is C8H13N3O2. The van der Waals surface area contributed by atoms with Gasteiger partial charge in [0.1, 0.15) is 12.4 Å². The van der Waals surface area contributed by atoms with E-state index in [9.17, 15) is 4.79 Å². The lowest BCUT2D eigenvalue weighted by Crippen LogP contribution is -2.12. The molecule has 72 valence electrons. The van der Waals surface area contributed by atoms with E-state index in [2.05, 4.69) is 5.10 Å². The summed E-state index contributed by atoms with van der Waals surface area (Å²) in [7, 11) is 0. The number of anilines is 1. The summed E-state index contributed by atoms with van der Waals surface area (Å²) in [6.45, 7) is 3.78. The van der Waals surface area contributed by atoms with Gasteiger partial charge >= 0.3 is 5.97 Å². The van der Waals surface area contributed by atoms with Crippen LogP contribution in [0.25, 0.3) is 0 Å². The molecular weight excluding hydrogens is 170 g/mol. The van der Waals surface area contributed by atoms with Crippen LogP contribution in [0.2, 0.25) is 0 Å². The van der Waals surface area contributed by atoms with Crippen LogP contribution >= 0.6 is 0 Å². The topological polar surface area (TPSA) is 81.1 Å². The van der Waals surface area contributed by atoms with E-state index in [1.807, 2.05) is 13.8 Å². The first-order valence-corrected chi connectivity index (χ1v) is 4.05. The first-order chi connectivity index (χ1) is 6.00. The fraction of sp³-hybridized carbons (Fsp3) is 0.500. The Kier molecular flexibility index (Phi) is 2.55. The van der Waals surface area contributed by atoms with Crippen molar-refractivity contribution in [3.8, 4) is 0 Å². The Morgan fingerprint density at radius 2 is 2.38 bits per heavy atom. The maximum atomic E-state index is 10.4. The van der Waals surface area contributed by atoms with Crippen LogP contribution in [0.5, 0.6) is 0 Å². The number of nitrogens with zero attached hydrogens (tertiary/aromatic N) is 2. The molecule has 3 N–H and O–H groups in total. The number of carboxylic acid groups (broad SMARTS) is 1. The number of hydrogen-bond acceptors (Lipinski definition) is 3. The Morgan fingerprint density at radius 3 is 2.77 bits per heavy atom. The van der Waals surface area contributed by atoms with E-state index >= 15 is 0 Å². The summed E-state index contributed by atoms with van der Waals surface area (Å²) in [5, 5.41) is 12.6. The number of carboxylic acids is 1. The molecule has 0 aliphatic heterocycles. The average Bonchev–Trinajstić information content (AvgIpc) is 2.31. The highest BCUT2D eigenvalue weighted by Gasteiger charge is 2.09. The van der Waals surface area contributed by atoms with Crippen LogP contribution in [0.4, 0.5) is 5.82 Å². The highest BCUT2D eigenvalue weighted by molar-refractivity contribution is 5.67. The number of nitrogen functional groups attached to an aromatic ring is 1. The second-order valence-electron chi connectivity index (χ2n) is 3.20. The van der Waals surface area contributed by atoms with Crippen molar-refractivity contribution in [2.45, 2.75) is 26.3 Å². The Hall–Kier alpha value is -1.52. The number of aromatic nitrogens is 2. The summed E-state index contributed by atoms with van der Waals surface area (Å²) in [4.78, 5) is 10.4. The molecule has 0 amide bonds. The van der Waals surface area contributed by atoms with Gasteiger partial charge in [0.05, 0.1) is 5.69 Å². The lowest BCUT2D eigenvalue weighted by Gasteiger charge is -1.99. The van der Waals surface area contributed by atoms with Crippen LogP contribution in [0.3, 0.4) is 0 Å². The van der Waals surface area contributed by atoms with Crippen LogP contribution in [0.15, 0.2) is 6.07 Å². The SMILES string of the molecule is CC(C)c1cc(N)n(CC(=O)O)n1. The smallest absolute Gasteiger partial charge is 0.325 e. The van der Waals surface area contributed by atoms with Gasteiger partial charge in [-0.05, 0) is 5.92 Å². The molecule has 0 atom stereocenters. The fourth-order valence-corrected chi connectivity index (χ4v) is 0.989. The minimum absolute atomic E-state index is 0.182. The second-order valence-corrected chi connectivity index (χ2v) is 3.20. The van der Waals surface area contributed by atoms with E-state index < -0.39 is 5.97 Å². The molecule has 0 aromatic carbocycles.